The van der Waals surface area contributed by atoms with E-state index >= 15 is 0 Å². The van der Waals surface area contributed by atoms with Crippen LogP contribution in [0.25, 0.3) is 0 Å². The summed E-state index contributed by atoms with van der Waals surface area (Å²) in [5.74, 6) is 1.09. The summed E-state index contributed by atoms with van der Waals surface area (Å²) in [6, 6.07) is 0. The third kappa shape index (κ3) is 1.32. The molecule has 66 valence electrons. The molecule has 5 heteroatoms. The van der Waals surface area contributed by atoms with Gasteiger partial charge in [0.25, 0.3) is 0 Å². The SMILES string of the molecule is Cn1nnc(CC2CCC2O)n1. The summed E-state index contributed by atoms with van der Waals surface area (Å²) >= 11 is 0. The minimum atomic E-state index is -0.145. The van der Waals surface area contributed by atoms with Crippen molar-refractivity contribution in [2.45, 2.75) is 25.4 Å². The summed E-state index contributed by atoms with van der Waals surface area (Å²) in [6.45, 7) is 0. The van der Waals surface area contributed by atoms with E-state index in [-0.39, 0.29) is 6.10 Å². The van der Waals surface area contributed by atoms with E-state index in [1.165, 1.54) is 4.80 Å². The topological polar surface area (TPSA) is 63.8 Å². The predicted molar refractivity (Wildman–Crippen MR) is 41.2 cm³/mol. The molecule has 5 nitrogen and oxygen atoms in total. The highest BCUT2D eigenvalue weighted by Crippen LogP contribution is 2.29. The molecule has 1 N–H and O–H groups in total. The fourth-order valence-electron chi connectivity index (χ4n) is 1.43. The summed E-state index contributed by atoms with van der Waals surface area (Å²) in [5, 5.41) is 20.9. The third-order valence-electron chi connectivity index (χ3n) is 2.37. The van der Waals surface area contributed by atoms with Gasteiger partial charge in [-0.25, -0.2) is 0 Å². The third-order valence-corrected chi connectivity index (χ3v) is 2.37. The summed E-state index contributed by atoms with van der Waals surface area (Å²) < 4.78 is 0. The highest BCUT2D eigenvalue weighted by atomic mass is 16.3. The Kier molecular flexibility index (Phi) is 1.80. The molecule has 2 unspecified atom stereocenters. The molecule has 0 spiro atoms. The zero-order valence-electron chi connectivity index (χ0n) is 7.01. The lowest BCUT2D eigenvalue weighted by molar-refractivity contribution is 0.0233. The molecule has 0 amide bonds. The Morgan fingerprint density at radius 2 is 2.42 bits per heavy atom. The van der Waals surface area contributed by atoms with Crippen LogP contribution < -0.4 is 0 Å². The Hall–Kier alpha value is -0.970. The first-order valence-corrected chi connectivity index (χ1v) is 4.16. The van der Waals surface area contributed by atoms with Crippen molar-refractivity contribution in [3.05, 3.63) is 5.82 Å². The van der Waals surface area contributed by atoms with Crippen molar-refractivity contribution in [3.63, 3.8) is 0 Å². The van der Waals surface area contributed by atoms with Gasteiger partial charge in [-0.05, 0) is 24.0 Å². The molecule has 2 rings (SSSR count). The number of nitrogens with zero attached hydrogens (tertiary/aromatic N) is 4. The maximum Gasteiger partial charge on any atom is 0.175 e. The van der Waals surface area contributed by atoms with E-state index in [0.29, 0.717) is 5.92 Å². The Labute approximate surface area is 70.4 Å². The second kappa shape index (κ2) is 2.82. The van der Waals surface area contributed by atoms with Crippen molar-refractivity contribution in [1.82, 2.24) is 20.2 Å². The van der Waals surface area contributed by atoms with Gasteiger partial charge in [-0.3, -0.25) is 0 Å². The minimum Gasteiger partial charge on any atom is -0.393 e. The smallest absolute Gasteiger partial charge is 0.175 e. The molecule has 2 atom stereocenters. The van der Waals surface area contributed by atoms with Crippen molar-refractivity contribution < 1.29 is 5.11 Å². The fraction of sp³-hybridized carbons (Fsp3) is 0.857. The van der Waals surface area contributed by atoms with Crippen LogP contribution in [-0.2, 0) is 13.5 Å². The highest BCUT2D eigenvalue weighted by Gasteiger charge is 2.29. The first-order chi connectivity index (χ1) is 5.75. The number of aromatic nitrogens is 4. The van der Waals surface area contributed by atoms with Crippen LogP contribution in [0.5, 0.6) is 0 Å². The molecule has 1 aliphatic carbocycles. The Morgan fingerprint density at radius 3 is 2.83 bits per heavy atom. The van der Waals surface area contributed by atoms with E-state index in [4.69, 9.17) is 0 Å². The van der Waals surface area contributed by atoms with E-state index < -0.39 is 0 Å². The molecule has 1 aromatic rings. The van der Waals surface area contributed by atoms with Gasteiger partial charge < -0.3 is 5.11 Å². The van der Waals surface area contributed by atoms with Gasteiger partial charge in [-0.15, -0.1) is 10.2 Å². The molecule has 0 bridgehead atoms. The lowest BCUT2D eigenvalue weighted by Gasteiger charge is -2.31. The molecule has 0 aromatic carbocycles. The second-order valence-electron chi connectivity index (χ2n) is 3.30. The normalized spacial score (nSPS) is 28.5. The zero-order chi connectivity index (χ0) is 8.55. The summed E-state index contributed by atoms with van der Waals surface area (Å²) in [7, 11) is 1.74. The van der Waals surface area contributed by atoms with Crippen molar-refractivity contribution in [2.75, 3.05) is 0 Å². The number of hydrogen-bond donors (Lipinski definition) is 1. The molecule has 1 saturated carbocycles. The molecular weight excluding hydrogens is 156 g/mol. The van der Waals surface area contributed by atoms with Gasteiger partial charge in [0.15, 0.2) is 5.82 Å². The molecule has 0 saturated heterocycles. The fourth-order valence-corrected chi connectivity index (χ4v) is 1.43. The van der Waals surface area contributed by atoms with Crippen LogP contribution in [-0.4, -0.2) is 31.4 Å². The Balaban J connectivity index is 1.95. The van der Waals surface area contributed by atoms with Crippen LogP contribution >= 0.6 is 0 Å². The first kappa shape index (κ1) is 7.67. The van der Waals surface area contributed by atoms with Gasteiger partial charge in [-0.2, -0.15) is 4.80 Å². The molecule has 1 aliphatic rings. The summed E-state index contributed by atoms with van der Waals surface area (Å²) in [6.07, 6.45) is 2.62. The molecule has 1 aromatic heterocycles. The van der Waals surface area contributed by atoms with Crippen LogP contribution in [0, 0.1) is 5.92 Å². The van der Waals surface area contributed by atoms with Crippen molar-refractivity contribution in [3.8, 4) is 0 Å². The van der Waals surface area contributed by atoms with E-state index in [9.17, 15) is 5.11 Å². The average molecular weight is 168 g/mol. The van der Waals surface area contributed by atoms with Crippen LogP contribution in [0.15, 0.2) is 0 Å². The van der Waals surface area contributed by atoms with E-state index in [2.05, 4.69) is 15.4 Å². The number of aliphatic hydroxyl groups is 1. The number of aliphatic hydroxyl groups excluding tert-OH is 1. The molecule has 0 radical (unpaired) electrons. The maximum atomic E-state index is 9.29. The van der Waals surface area contributed by atoms with Gasteiger partial charge in [0.05, 0.1) is 13.2 Å². The summed E-state index contributed by atoms with van der Waals surface area (Å²) in [5.41, 5.74) is 0. The van der Waals surface area contributed by atoms with Gasteiger partial charge >= 0.3 is 0 Å². The quantitative estimate of drug-likeness (QED) is 0.648. The first-order valence-electron chi connectivity index (χ1n) is 4.16. The van der Waals surface area contributed by atoms with E-state index in [1.807, 2.05) is 0 Å². The molecule has 12 heavy (non-hydrogen) atoms. The predicted octanol–water partition coefficient (Wildman–Crippen LogP) is -0.477. The van der Waals surface area contributed by atoms with Crippen LogP contribution in [0.3, 0.4) is 0 Å². The average Bonchev–Trinajstić information content (AvgIpc) is 2.44. The molecule has 1 fully saturated rings. The number of hydrogen-bond acceptors (Lipinski definition) is 4. The van der Waals surface area contributed by atoms with Crippen LogP contribution in [0.2, 0.25) is 0 Å². The van der Waals surface area contributed by atoms with Gasteiger partial charge in [0.1, 0.15) is 0 Å². The molecule has 0 aliphatic heterocycles. The van der Waals surface area contributed by atoms with Crippen LogP contribution in [0.1, 0.15) is 18.7 Å². The van der Waals surface area contributed by atoms with Gasteiger partial charge in [-0.1, -0.05) is 0 Å². The monoisotopic (exact) mass is 168 g/mol. The Morgan fingerprint density at radius 1 is 1.58 bits per heavy atom. The van der Waals surface area contributed by atoms with Gasteiger partial charge in [0, 0.05) is 6.42 Å². The van der Waals surface area contributed by atoms with Crippen molar-refractivity contribution in [2.24, 2.45) is 13.0 Å². The molecular formula is C7H12N4O. The second-order valence-corrected chi connectivity index (χ2v) is 3.30. The lowest BCUT2D eigenvalue weighted by atomic mass is 9.80. The van der Waals surface area contributed by atoms with E-state index in [0.717, 1.165) is 25.1 Å². The molecule has 1 heterocycles. The summed E-state index contributed by atoms with van der Waals surface area (Å²) in [4.78, 5) is 1.44. The number of aryl methyl sites for hydroxylation is 1. The minimum absolute atomic E-state index is 0.145. The van der Waals surface area contributed by atoms with Crippen molar-refractivity contribution in [1.29, 1.82) is 0 Å². The lowest BCUT2D eigenvalue weighted by Crippen LogP contribution is -2.32. The van der Waals surface area contributed by atoms with E-state index in [1.54, 1.807) is 7.05 Å². The standard InChI is InChI=1S/C7H12N4O/c1-11-9-7(8-10-11)4-5-2-3-6(5)12/h5-6,12H,2-4H2,1H3. The maximum absolute atomic E-state index is 9.29. The largest absolute Gasteiger partial charge is 0.393 e. The van der Waals surface area contributed by atoms with Gasteiger partial charge in [0.2, 0.25) is 0 Å². The Bertz CT molecular complexity index is 272. The number of tetrazole rings is 1. The highest BCUT2D eigenvalue weighted by molar-refractivity contribution is 4.89. The van der Waals surface area contributed by atoms with Crippen molar-refractivity contribution >= 4 is 0 Å². The number of rotatable bonds is 2. The zero-order valence-corrected chi connectivity index (χ0v) is 7.01. The van der Waals surface area contributed by atoms with Crippen LogP contribution in [0.4, 0.5) is 0 Å².